The number of carbonyl (C=O) groups is 1. The lowest BCUT2D eigenvalue weighted by atomic mass is 9.89. The summed E-state index contributed by atoms with van der Waals surface area (Å²) in [7, 11) is 0. The zero-order valence-corrected chi connectivity index (χ0v) is 27.1. The smallest absolute Gasteiger partial charge is 0.239 e. The third-order valence-corrected chi connectivity index (χ3v) is 8.93. The second kappa shape index (κ2) is 14.8. The Hall–Kier alpha value is -3.43. The highest BCUT2D eigenvalue weighted by Gasteiger charge is 2.36. The van der Waals surface area contributed by atoms with E-state index in [9.17, 15) is 15.0 Å². The molecule has 0 saturated carbocycles. The van der Waals surface area contributed by atoms with Gasteiger partial charge < -0.3 is 15.5 Å². The standard InChI is InChI=1S/C37H49N5O3/c1-26(39-35-32-15-9-8-14-29(32)21-34(35)44)30(19-27-11-6-5-7-12-27)20-31(43)24-42-18-17-41(23-28-13-10-16-38-22-28)25-33(42)36(45)40-37(2,3)4/h5-16,22,30-31,33-35,43-44H,17-21,23-25H2,1-4H3,(H,40,45)/t30-,31-,33-,34+,35-/m0/s1. The van der Waals surface area contributed by atoms with Crippen molar-refractivity contribution in [3.63, 3.8) is 0 Å². The zero-order chi connectivity index (χ0) is 32.0. The number of hydrogen-bond acceptors (Lipinski definition) is 7. The van der Waals surface area contributed by atoms with E-state index in [1.807, 2.05) is 70.3 Å². The van der Waals surface area contributed by atoms with Crippen LogP contribution in [0.4, 0.5) is 0 Å². The average Bonchev–Trinajstić information content (AvgIpc) is 3.32. The number of hydrogen-bond donors (Lipinski definition) is 3. The Morgan fingerprint density at radius 3 is 2.51 bits per heavy atom. The highest BCUT2D eigenvalue weighted by molar-refractivity contribution is 5.85. The fourth-order valence-corrected chi connectivity index (χ4v) is 6.70. The second-order valence-corrected chi connectivity index (χ2v) is 13.8. The number of aliphatic imine (C=N–C) groups is 1. The van der Waals surface area contributed by atoms with Crippen LogP contribution in [0.25, 0.3) is 0 Å². The SMILES string of the molecule is CC(=N[C@H]1c2ccccc2C[C@H]1O)[C@@H](Cc1ccccc1)C[C@H](O)CN1CCN(Cc2cccnc2)C[C@H]1C(=O)NC(C)(C)C. The number of carbonyl (C=O) groups excluding carboxylic acids is 1. The lowest BCUT2D eigenvalue weighted by molar-refractivity contribution is -0.131. The molecule has 240 valence electrons. The van der Waals surface area contributed by atoms with Crippen molar-refractivity contribution in [3.05, 3.63) is 101 Å². The molecule has 2 heterocycles. The van der Waals surface area contributed by atoms with Crippen molar-refractivity contribution in [2.24, 2.45) is 10.9 Å². The largest absolute Gasteiger partial charge is 0.392 e. The maximum absolute atomic E-state index is 13.6. The summed E-state index contributed by atoms with van der Waals surface area (Å²) in [4.78, 5) is 27.4. The second-order valence-electron chi connectivity index (χ2n) is 13.8. The summed E-state index contributed by atoms with van der Waals surface area (Å²) >= 11 is 0. The number of aliphatic hydroxyl groups is 2. The lowest BCUT2D eigenvalue weighted by Gasteiger charge is -2.42. The summed E-state index contributed by atoms with van der Waals surface area (Å²) in [5.74, 6) is -0.0332. The normalized spacial score (nSPS) is 22.5. The average molecular weight is 612 g/mol. The summed E-state index contributed by atoms with van der Waals surface area (Å²) in [6.45, 7) is 11.2. The fourth-order valence-electron chi connectivity index (χ4n) is 6.70. The predicted octanol–water partition coefficient (Wildman–Crippen LogP) is 4.21. The van der Waals surface area contributed by atoms with Crippen LogP contribution >= 0.6 is 0 Å². The number of piperazine rings is 1. The van der Waals surface area contributed by atoms with E-state index in [4.69, 9.17) is 4.99 Å². The molecule has 1 aliphatic heterocycles. The zero-order valence-electron chi connectivity index (χ0n) is 27.1. The number of fused-ring (bicyclic) bond motifs is 1. The van der Waals surface area contributed by atoms with Crippen molar-refractivity contribution < 1.29 is 15.0 Å². The molecule has 2 aromatic carbocycles. The molecule has 8 nitrogen and oxygen atoms in total. The molecule has 1 aromatic heterocycles. The number of amides is 1. The molecule has 3 aromatic rings. The lowest BCUT2D eigenvalue weighted by Crippen LogP contribution is -2.61. The third kappa shape index (κ3) is 9.07. The Morgan fingerprint density at radius 1 is 1.04 bits per heavy atom. The fraction of sp³-hybridized carbons (Fsp3) is 0.486. The van der Waals surface area contributed by atoms with Crippen LogP contribution in [0.5, 0.6) is 0 Å². The number of benzene rings is 2. The van der Waals surface area contributed by atoms with Gasteiger partial charge in [-0.15, -0.1) is 0 Å². The minimum absolute atomic E-state index is 0.0157. The molecule has 1 saturated heterocycles. The number of rotatable bonds is 11. The van der Waals surface area contributed by atoms with Crippen LogP contribution in [-0.2, 0) is 24.2 Å². The molecule has 8 heteroatoms. The Bertz CT molecular complexity index is 1420. The van der Waals surface area contributed by atoms with Gasteiger partial charge in [0.05, 0.1) is 12.2 Å². The molecule has 1 aliphatic carbocycles. The van der Waals surface area contributed by atoms with Crippen molar-refractivity contribution in [2.45, 2.75) is 83.3 Å². The molecule has 45 heavy (non-hydrogen) atoms. The van der Waals surface area contributed by atoms with Gasteiger partial charge >= 0.3 is 0 Å². The van der Waals surface area contributed by atoms with Gasteiger partial charge in [0.1, 0.15) is 12.1 Å². The van der Waals surface area contributed by atoms with Crippen molar-refractivity contribution in [3.8, 4) is 0 Å². The van der Waals surface area contributed by atoms with Gasteiger partial charge in [0, 0.05) is 68.7 Å². The molecule has 0 bridgehead atoms. The molecule has 0 unspecified atom stereocenters. The molecule has 2 aliphatic rings. The molecule has 5 atom stereocenters. The van der Waals surface area contributed by atoms with Gasteiger partial charge in [-0.3, -0.25) is 24.6 Å². The molecule has 1 fully saturated rings. The highest BCUT2D eigenvalue weighted by Crippen LogP contribution is 2.35. The van der Waals surface area contributed by atoms with E-state index in [-0.39, 0.29) is 29.4 Å². The molecular formula is C37H49N5O3. The van der Waals surface area contributed by atoms with E-state index in [0.29, 0.717) is 32.5 Å². The van der Waals surface area contributed by atoms with Crippen LogP contribution in [0.1, 0.15) is 62.4 Å². The Labute approximate surface area is 268 Å². The first-order valence-corrected chi connectivity index (χ1v) is 16.2. The Morgan fingerprint density at radius 2 is 1.78 bits per heavy atom. The van der Waals surface area contributed by atoms with Crippen LogP contribution in [0.2, 0.25) is 0 Å². The van der Waals surface area contributed by atoms with Crippen molar-refractivity contribution >= 4 is 11.6 Å². The summed E-state index contributed by atoms with van der Waals surface area (Å²) in [5, 5.41) is 25.7. The molecule has 0 radical (unpaired) electrons. The molecule has 0 spiro atoms. The first kappa shape index (κ1) is 32.9. The van der Waals surface area contributed by atoms with Crippen LogP contribution in [0, 0.1) is 5.92 Å². The molecule has 1 amide bonds. The molecule has 3 N–H and O–H groups in total. The van der Waals surface area contributed by atoms with Crippen LogP contribution in [0.15, 0.2) is 84.1 Å². The third-order valence-electron chi connectivity index (χ3n) is 8.93. The number of aromatic nitrogens is 1. The van der Waals surface area contributed by atoms with E-state index in [1.165, 1.54) is 5.56 Å². The van der Waals surface area contributed by atoms with Crippen molar-refractivity contribution in [1.82, 2.24) is 20.1 Å². The van der Waals surface area contributed by atoms with Crippen LogP contribution in [-0.4, -0.2) is 86.6 Å². The van der Waals surface area contributed by atoms with E-state index in [0.717, 1.165) is 41.9 Å². The van der Waals surface area contributed by atoms with Gasteiger partial charge in [-0.25, -0.2) is 0 Å². The van der Waals surface area contributed by atoms with Gasteiger partial charge in [0.15, 0.2) is 0 Å². The van der Waals surface area contributed by atoms with Gasteiger partial charge in [-0.1, -0.05) is 60.7 Å². The summed E-state index contributed by atoms with van der Waals surface area (Å²) in [6.07, 6.45) is 4.30. The van der Waals surface area contributed by atoms with Gasteiger partial charge in [0.2, 0.25) is 5.91 Å². The summed E-state index contributed by atoms with van der Waals surface area (Å²) in [6, 6.07) is 21.8. The molecular weight excluding hydrogens is 562 g/mol. The predicted molar refractivity (Wildman–Crippen MR) is 179 cm³/mol. The quantitative estimate of drug-likeness (QED) is 0.281. The number of aliphatic hydroxyl groups excluding tert-OH is 2. The first-order valence-electron chi connectivity index (χ1n) is 16.2. The maximum atomic E-state index is 13.6. The summed E-state index contributed by atoms with van der Waals surface area (Å²) in [5.41, 5.74) is 5.11. The first-order chi connectivity index (χ1) is 21.6. The van der Waals surface area contributed by atoms with Crippen molar-refractivity contribution in [2.75, 3.05) is 26.2 Å². The van der Waals surface area contributed by atoms with Gasteiger partial charge in [0.25, 0.3) is 0 Å². The summed E-state index contributed by atoms with van der Waals surface area (Å²) < 4.78 is 0. The minimum atomic E-state index is -0.653. The minimum Gasteiger partial charge on any atom is -0.392 e. The number of nitrogens with one attached hydrogen (secondary N) is 1. The Kier molecular flexibility index (Phi) is 10.8. The number of β-amino-alcohol motifs (C(OH)–C–C–N with tert-alkyl or cyclic N) is 1. The number of pyridine rings is 1. The van der Waals surface area contributed by atoms with Gasteiger partial charge in [-0.2, -0.15) is 0 Å². The van der Waals surface area contributed by atoms with E-state index in [2.05, 4.69) is 50.4 Å². The topological polar surface area (TPSA) is 101 Å². The van der Waals surface area contributed by atoms with Crippen LogP contribution in [0.3, 0.4) is 0 Å². The molecule has 5 rings (SSSR count). The number of nitrogens with zero attached hydrogens (tertiary/aromatic N) is 4. The monoisotopic (exact) mass is 611 g/mol. The Balaban J connectivity index is 1.32. The van der Waals surface area contributed by atoms with E-state index >= 15 is 0 Å². The van der Waals surface area contributed by atoms with Crippen LogP contribution < -0.4 is 5.32 Å². The highest BCUT2D eigenvalue weighted by atomic mass is 16.3. The maximum Gasteiger partial charge on any atom is 0.239 e. The van der Waals surface area contributed by atoms with E-state index < -0.39 is 12.2 Å². The van der Waals surface area contributed by atoms with E-state index in [1.54, 1.807) is 6.20 Å². The van der Waals surface area contributed by atoms with Crippen molar-refractivity contribution in [1.29, 1.82) is 0 Å². The van der Waals surface area contributed by atoms with Gasteiger partial charge in [-0.05, 0) is 68.9 Å².